The molecule has 1 fully saturated rings. The third kappa shape index (κ3) is 2.83. The first-order chi connectivity index (χ1) is 10.5. The second-order valence-corrected chi connectivity index (χ2v) is 6.42. The molecule has 4 nitrogen and oxygen atoms in total. The zero-order valence-electron chi connectivity index (χ0n) is 13.2. The Kier molecular flexibility index (Phi) is 3.87. The van der Waals surface area contributed by atoms with E-state index in [2.05, 4.69) is 4.98 Å². The number of para-hydroxylation sites is 1. The Morgan fingerprint density at radius 2 is 2.00 bits per heavy atom. The number of likely N-dealkylation sites (N-methyl/N-ethyl adjacent to an activating group) is 1. The van der Waals surface area contributed by atoms with Crippen molar-refractivity contribution in [1.82, 2.24) is 9.88 Å². The SMILES string of the molecule is Cc1ccc2cccc(C(=O)N(C)CC3(O)CCCC3)c2n1. The lowest BCUT2D eigenvalue weighted by atomic mass is 10.0. The number of benzene rings is 1. The molecule has 1 aromatic carbocycles. The van der Waals surface area contributed by atoms with Crippen LogP contribution in [0.25, 0.3) is 10.9 Å². The fourth-order valence-electron chi connectivity index (χ4n) is 3.33. The van der Waals surface area contributed by atoms with Gasteiger partial charge in [-0.2, -0.15) is 0 Å². The van der Waals surface area contributed by atoms with Crippen LogP contribution in [0.4, 0.5) is 0 Å². The van der Waals surface area contributed by atoms with Crippen LogP contribution in [-0.4, -0.2) is 40.1 Å². The lowest BCUT2D eigenvalue weighted by Gasteiger charge is -2.28. The van der Waals surface area contributed by atoms with Gasteiger partial charge in [0.15, 0.2) is 0 Å². The molecule has 1 amide bonds. The maximum atomic E-state index is 12.8. The summed E-state index contributed by atoms with van der Waals surface area (Å²) in [4.78, 5) is 18.9. The van der Waals surface area contributed by atoms with E-state index in [-0.39, 0.29) is 5.91 Å². The van der Waals surface area contributed by atoms with E-state index >= 15 is 0 Å². The van der Waals surface area contributed by atoms with Crippen LogP contribution in [0, 0.1) is 6.92 Å². The van der Waals surface area contributed by atoms with Crippen molar-refractivity contribution >= 4 is 16.8 Å². The zero-order chi connectivity index (χ0) is 15.7. The molecule has 2 aromatic rings. The topological polar surface area (TPSA) is 53.4 Å². The highest BCUT2D eigenvalue weighted by atomic mass is 16.3. The molecule has 1 aromatic heterocycles. The van der Waals surface area contributed by atoms with E-state index < -0.39 is 5.60 Å². The van der Waals surface area contributed by atoms with Gasteiger partial charge in [0.25, 0.3) is 5.91 Å². The molecule has 0 bridgehead atoms. The van der Waals surface area contributed by atoms with Crippen molar-refractivity contribution in [2.45, 2.75) is 38.2 Å². The van der Waals surface area contributed by atoms with Crippen LogP contribution in [0.1, 0.15) is 41.7 Å². The maximum Gasteiger partial charge on any atom is 0.255 e. The normalized spacial score (nSPS) is 16.9. The molecule has 4 heteroatoms. The molecule has 0 atom stereocenters. The first-order valence-electron chi connectivity index (χ1n) is 7.83. The number of aliphatic hydroxyl groups is 1. The molecule has 0 radical (unpaired) electrons. The van der Waals surface area contributed by atoms with Crippen molar-refractivity contribution in [3.63, 3.8) is 0 Å². The fraction of sp³-hybridized carbons (Fsp3) is 0.444. The van der Waals surface area contributed by atoms with E-state index in [1.807, 2.05) is 37.3 Å². The number of rotatable bonds is 3. The van der Waals surface area contributed by atoms with Gasteiger partial charge in [0.05, 0.1) is 16.7 Å². The Balaban J connectivity index is 1.90. The molecule has 1 N–H and O–H groups in total. The van der Waals surface area contributed by atoms with Crippen LogP contribution in [0.3, 0.4) is 0 Å². The van der Waals surface area contributed by atoms with Crippen molar-refractivity contribution in [3.8, 4) is 0 Å². The van der Waals surface area contributed by atoms with E-state index in [9.17, 15) is 9.90 Å². The predicted octanol–water partition coefficient (Wildman–Crippen LogP) is 2.92. The minimum Gasteiger partial charge on any atom is -0.388 e. The summed E-state index contributed by atoms with van der Waals surface area (Å²) in [5, 5.41) is 11.5. The van der Waals surface area contributed by atoms with Crippen molar-refractivity contribution in [2.24, 2.45) is 0 Å². The first kappa shape index (κ1) is 15.0. The number of aryl methyl sites for hydroxylation is 1. The number of pyridine rings is 1. The first-order valence-corrected chi connectivity index (χ1v) is 7.83. The number of amides is 1. The van der Waals surface area contributed by atoms with Crippen molar-refractivity contribution < 1.29 is 9.90 Å². The molecule has 1 heterocycles. The molecule has 3 rings (SSSR count). The molecule has 0 saturated heterocycles. The van der Waals surface area contributed by atoms with E-state index in [0.717, 1.165) is 42.3 Å². The molecule has 22 heavy (non-hydrogen) atoms. The average Bonchev–Trinajstić information content (AvgIpc) is 2.92. The number of fused-ring (bicyclic) bond motifs is 1. The van der Waals surface area contributed by atoms with Gasteiger partial charge < -0.3 is 10.0 Å². The minimum absolute atomic E-state index is 0.0796. The molecular weight excluding hydrogens is 276 g/mol. The van der Waals surface area contributed by atoms with Gasteiger partial charge >= 0.3 is 0 Å². The van der Waals surface area contributed by atoms with Gasteiger partial charge in [-0.25, -0.2) is 0 Å². The molecule has 0 aliphatic heterocycles. The molecule has 1 saturated carbocycles. The van der Waals surface area contributed by atoms with Gasteiger partial charge in [-0.1, -0.05) is 31.0 Å². The Labute approximate surface area is 130 Å². The number of nitrogens with zero attached hydrogens (tertiary/aromatic N) is 2. The van der Waals surface area contributed by atoms with Gasteiger partial charge in [-0.15, -0.1) is 0 Å². The molecular formula is C18H22N2O2. The lowest BCUT2D eigenvalue weighted by Crippen LogP contribution is -2.42. The summed E-state index contributed by atoms with van der Waals surface area (Å²) < 4.78 is 0. The highest BCUT2D eigenvalue weighted by Crippen LogP contribution is 2.30. The molecule has 0 spiro atoms. The standard InChI is InChI=1S/C18H22N2O2/c1-13-8-9-14-6-5-7-15(16(14)19-13)17(21)20(2)12-18(22)10-3-4-11-18/h5-9,22H,3-4,10-12H2,1-2H3. The predicted molar refractivity (Wildman–Crippen MR) is 86.9 cm³/mol. The Bertz CT molecular complexity index is 705. The van der Waals surface area contributed by atoms with Crippen LogP contribution >= 0.6 is 0 Å². The smallest absolute Gasteiger partial charge is 0.255 e. The lowest BCUT2D eigenvalue weighted by molar-refractivity contribution is 0.0157. The summed E-state index contributed by atoms with van der Waals surface area (Å²) in [5.41, 5.74) is 1.51. The van der Waals surface area contributed by atoms with Crippen LogP contribution in [-0.2, 0) is 0 Å². The van der Waals surface area contributed by atoms with E-state index in [1.165, 1.54) is 0 Å². The minimum atomic E-state index is -0.724. The number of hydrogen-bond donors (Lipinski definition) is 1. The number of hydrogen-bond acceptors (Lipinski definition) is 3. The Morgan fingerprint density at radius 3 is 2.73 bits per heavy atom. The monoisotopic (exact) mass is 298 g/mol. The quantitative estimate of drug-likeness (QED) is 0.948. The van der Waals surface area contributed by atoms with Crippen LogP contribution in [0.2, 0.25) is 0 Å². The summed E-state index contributed by atoms with van der Waals surface area (Å²) in [6.07, 6.45) is 3.62. The second kappa shape index (κ2) is 5.69. The van der Waals surface area contributed by atoms with Gasteiger partial charge in [0.2, 0.25) is 0 Å². The van der Waals surface area contributed by atoms with Gasteiger partial charge in [0, 0.05) is 24.7 Å². The van der Waals surface area contributed by atoms with E-state index in [0.29, 0.717) is 12.1 Å². The largest absolute Gasteiger partial charge is 0.388 e. The van der Waals surface area contributed by atoms with Crippen molar-refractivity contribution in [3.05, 3.63) is 41.6 Å². The molecule has 1 aliphatic carbocycles. The van der Waals surface area contributed by atoms with Crippen LogP contribution < -0.4 is 0 Å². The summed E-state index contributed by atoms with van der Waals surface area (Å²) >= 11 is 0. The van der Waals surface area contributed by atoms with E-state index in [1.54, 1.807) is 11.9 Å². The number of carbonyl (C=O) groups is 1. The highest BCUT2D eigenvalue weighted by molar-refractivity contribution is 6.05. The summed E-state index contributed by atoms with van der Waals surface area (Å²) in [6.45, 7) is 2.31. The van der Waals surface area contributed by atoms with Crippen LogP contribution in [0.15, 0.2) is 30.3 Å². The molecule has 116 valence electrons. The maximum absolute atomic E-state index is 12.8. The third-order valence-electron chi connectivity index (χ3n) is 4.50. The second-order valence-electron chi connectivity index (χ2n) is 6.42. The fourth-order valence-corrected chi connectivity index (χ4v) is 3.33. The number of carbonyl (C=O) groups excluding carboxylic acids is 1. The summed E-state index contributed by atoms with van der Waals surface area (Å²) in [5.74, 6) is -0.0796. The van der Waals surface area contributed by atoms with Gasteiger partial charge in [-0.3, -0.25) is 9.78 Å². The molecule has 0 unspecified atom stereocenters. The average molecular weight is 298 g/mol. The van der Waals surface area contributed by atoms with Gasteiger partial charge in [0.1, 0.15) is 0 Å². The van der Waals surface area contributed by atoms with Crippen molar-refractivity contribution in [2.75, 3.05) is 13.6 Å². The third-order valence-corrected chi connectivity index (χ3v) is 4.50. The molecule has 1 aliphatic rings. The Hall–Kier alpha value is -1.94. The van der Waals surface area contributed by atoms with Crippen LogP contribution in [0.5, 0.6) is 0 Å². The number of aromatic nitrogens is 1. The summed E-state index contributed by atoms with van der Waals surface area (Å²) in [6, 6.07) is 9.58. The Morgan fingerprint density at radius 1 is 1.27 bits per heavy atom. The van der Waals surface area contributed by atoms with Crippen molar-refractivity contribution in [1.29, 1.82) is 0 Å². The zero-order valence-corrected chi connectivity index (χ0v) is 13.2. The van der Waals surface area contributed by atoms with Gasteiger partial charge in [-0.05, 0) is 31.9 Å². The summed E-state index contributed by atoms with van der Waals surface area (Å²) in [7, 11) is 1.76. The van der Waals surface area contributed by atoms with E-state index in [4.69, 9.17) is 0 Å². The highest BCUT2D eigenvalue weighted by Gasteiger charge is 2.33.